The van der Waals surface area contributed by atoms with Gasteiger partial charge < -0.3 is 20.7 Å². The lowest BCUT2D eigenvalue weighted by Crippen LogP contribution is -2.69. The lowest BCUT2D eigenvalue weighted by molar-refractivity contribution is -0.133. The van der Waals surface area contributed by atoms with E-state index in [0.29, 0.717) is 47.5 Å². The average Bonchev–Trinajstić information content (AvgIpc) is 3.84. The maximum atomic E-state index is 15.1. The summed E-state index contributed by atoms with van der Waals surface area (Å²) >= 11 is 0. The number of ether oxygens (including phenoxy) is 1. The van der Waals surface area contributed by atoms with Gasteiger partial charge in [-0.25, -0.2) is 19.0 Å². The van der Waals surface area contributed by atoms with Crippen molar-refractivity contribution in [3.05, 3.63) is 84.9 Å². The number of aromatic nitrogens is 4. The fraction of sp³-hybridized carbons (Fsp3) is 0.390. The van der Waals surface area contributed by atoms with E-state index in [1.165, 1.54) is 12.4 Å². The van der Waals surface area contributed by atoms with E-state index in [2.05, 4.69) is 40.0 Å². The molecular weight excluding hydrogens is 700 g/mol. The molecule has 0 radical (unpaired) electrons. The van der Waals surface area contributed by atoms with Gasteiger partial charge in [0.05, 0.1) is 17.1 Å². The lowest BCUT2D eigenvalue weighted by atomic mass is 9.98. The summed E-state index contributed by atoms with van der Waals surface area (Å²) in [5.74, 6) is 2.26. The van der Waals surface area contributed by atoms with Crippen LogP contribution in [0.15, 0.2) is 79.1 Å². The summed E-state index contributed by atoms with van der Waals surface area (Å²) in [6.07, 6.45) is 4.33. The molecule has 5 fully saturated rings. The number of likely N-dealkylation sites (tertiary alicyclic amines) is 2. The minimum Gasteiger partial charge on any atom is -0.457 e. The molecule has 1 aliphatic carbocycles. The van der Waals surface area contributed by atoms with Crippen molar-refractivity contribution in [1.82, 2.24) is 34.9 Å². The summed E-state index contributed by atoms with van der Waals surface area (Å²) in [7, 11) is 0. The van der Waals surface area contributed by atoms with Gasteiger partial charge in [0.1, 0.15) is 41.2 Å². The highest BCUT2D eigenvalue weighted by molar-refractivity contribution is 6.01. The maximum Gasteiger partial charge on any atom is 0.249 e. The monoisotopic (exact) mass is 742 g/mol. The van der Waals surface area contributed by atoms with Crippen molar-refractivity contribution in [2.45, 2.75) is 49.9 Å². The van der Waals surface area contributed by atoms with E-state index in [9.17, 15) is 9.59 Å². The molecular formula is C41H43FN10O3. The molecule has 14 heteroatoms. The second kappa shape index (κ2) is 13.6. The van der Waals surface area contributed by atoms with Crippen LogP contribution in [-0.4, -0.2) is 98.8 Å². The summed E-state index contributed by atoms with van der Waals surface area (Å²) in [5, 5.41) is 11.3. The van der Waals surface area contributed by atoms with Crippen LogP contribution in [0.2, 0.25) is 0 Å². The fourth-order valence-corrected chi connectivity index (χ4v) is 9.35. The van der Waals surface area contributed by atoms with Gasteiger partial charge in [0, 0.05) is 69.0 Å². The molecule has 4 saturated heterocycles. The van der Waals surface area contributed by atoms with Crippen LogP contribution in [0, 0.1) is 17.7 Å². The lowest BCUT2D eigenvalue weighted by Gasteiger charge is -2.54. The van der Waals surface area contributed by atoms with Crippen LogP contribution in [-0.2, 0) is 9.59 Å². The van der Waals surface area contributed by atoms with E-state index in [1.807, 2.05) is 60.7 Å². The molecule has 2 amide bonds. The second-order valence-electron chi connectivity index (χ2n) is 15.8. The number of amides is 2. The Morgan fingerprint density at radius 1 is 0.818 bits per heavy atom. The SMILES string of the molecule is Nc1ncnc2c1c(-c1ccc(Oc3ccccc3)cc1)nn2C1CC2CN(C3CN(C4CN(c5ccc(NC6CCC(=O)NC6=O)cc5F)C4)C3)CC2C1. The number of fused-ring (bicyclic) bond motifs is 2. The molecule has 0 bridgehead atoms. The molecule has 5 aliphatic rings. The van der Waals surface area contributed by atoms with Crippen LogP contribution in [0.5, 0.6) is 11.5 Å². The molecule has 3 atom stereocenters. The predicted octanol–water partition coefficient (Wildman–Crippen LogP) is 4.68. The average molecular weight is 743 g/mol. The van der Waals surface area contributed by atoms with Crippen LogP contribution in [0.25, 0.3) is 22.3 Å². The number of piperidine rings is 1. The van der Waals surface area contributed by atoms with Crippen molar-refractivity contribution in [1.29, 1.82) is 0 Å². The van der Waals surface area contributed by atoms with Gasteiger partial charge in [-0.05, 0) is 85.7 Å². The first kappa shape index (κ1) is 33.9. The number of nitrogens with one attached hydrogen (secondary N) is 2. The third-order valence-electron chi connectivity index (χ3n) is 12.4. The van der Waals surface area contributed by atoms with Crippen molar-refractivity contribution in [2.75, 3.05) is 55.2 Å². The molecule has 4 aliphatic heterocycles. The number of nitrogens with zero attached hydrogens (tertiary/aromatic N) is 7. The van der Waals surface area contributed by atoms with Crippen LogP contribution in [0.4, 0.5) is 21.6 Å². The number of rotatable bonds is 9. The minimum absolute atomic E-state index is 0.255. The summed E-state index contributed by atoms with van der Waals surface area (Å²) < 4.78 is 23.3. The Kier molecular flexibility index (Phi) is 8.39. The number of imide groups is 1. The molecule has 3 aromatic carbocycles. The van der Waals surface area contributed by atoms with Gasteiger partial charge in [-0.3, -0.25) is 24.7 Å². The number of anilines is 3. The van der Waals surface area contributed by atoms with Gasteiger partial charge in [0.15, 0.2) is 5.65 Å². The first-order valence-electron chi connectivity index (χ1n) is 19.3. The smallest absolute Gasteiger partial charge is 0.249 e. The van der Waals surface area contributed by atoms with E-state index in [4.69, 9.17) is 15.6 Å². The Balaban J connectivity index is 0.728. The van der Waals surface area contributed by atoms with E-state index in [0.717, 1.165) is 85.9 Å². The highest BCUT2D eigenvalue weighted by Crippen LogP contribution is 2.47. The standard InChI is InChI=1S/C41H43FN10O3/c42-33-16-27(46-34-11-13-36(53)47-41(34)54)8-12-35(33)51-21-30(22-51)50-19-29(20-50)49-17-25-14-28(15-26(25)18-49)52-40-37(39(43)44-23-45-40)38(48-52)24-6-9-32(10-7-24)55-31-4-2-1-3-5-31/h1-10,12,16,23,25-26,28-30,34,46H,11,13-15,17-22H2,(H2,43,44,45)(H,47,53,54). The molecule has 3 unspecified atom stereocenters. The van der Waals surface area contributed by atoms with Crippen molar-refractivity contribution in [3.63, 3.8) is 0 Å². The number of halogens is 1. The largest absolute Gasteiger partial charge is 0.457 e. The number of para-hydroxylation sites is 1. The van der Waals surface area contributed by atoms with Crippen molar-refractivity contribution >= 4 is 40.0 Å². The normalized spacial score (nSPS) is 24.8. The molecule has 2 aromatic heterocycles. The van der Waals surface area contributed by atoms with Gasteiger partial charge in [-0.15, -0.1) is 0 Å². The maximum absolute atomic E-state index is 15.1. The Morgan fingerprint density at radius 3 is 2.25 bits per heavy atom. The molecule has 55 heavy (non-hydrogen) atoms. The van der Waals surface area contributed by atoms with Gasteiger partial charge >= 0.3 is 0 Å². The third-order valence-corrected chi connectivity index (χ3v) is 12.4. The zero-order valence-corrected chi connectivity index (χ0v) is 30.4. The number of carbonyl (C=O) groups is 2. The summed E-state index contributed by atoms with van der Waals surface area (Å²) in [6, 6.07) is 23.4. The summed E-state index contributed by atoms with van der Waals surface area (Å²) in [5.41, 5.74) is 10.1. The topological polar surface area (TPSA) is 147 Å². The van der Waals surface area contributed by atoms with Crippen LogP contribution in [0.1, 0.15) is 31.7 Å². The van der Waals surface area contributed by atoms with E-state index in [-0.39, 0.29) is 30.1 Å². The summed E-state index contributed by atoms with van der Waals surface area (Å²) in [6.45, 7) is 5.92. The third kappa shape index (κ3) is 6.32. The van der Waals surface area contributed by atoms with Gasteiger partial charge in [0.2, 0.25) is 11.8 Å². The number of hydrogen-bond acceptors (Lipinski definition) is 11. The minimum atomic E-state index is -0.538. The Hall–Kier alpha value is -5.60. The Morgan fingerprint density at radius 2 is 1.53 bits per heavy atom. The molecule has 1 saturated carbocycles. The number of nitrogens with two attached hydrogens (primary N) is 1. The molecule has 4 N–H and O–H groups in total. The highest BCUT2D eigenvalue weighted by Gasteiger charge is 2.48. The Labute approximate surface area is 317 Å². The van der Waals surface area contributed by atoms with Crippen molar-refractivity contribution < 1.29 is 18.7 Å². The van der Waals surface area contributed by atoms with E-state index < -0.39 is 6.04 Å². The molecule has 282 valence electrons. The van der Waals surface area contributed by atoms with Gasteiger partial charge in [-0.2, -0.15) is 5.10 Å². The highest BCUT2D eigenvalue weighted by atomic mass is 19.1. The van der Waals surface area contributed by atoms with E-state index in [1.54, 1.807) is 6.07 Å². The Bertz CT molecular complexity index is 2240. The molecule has 0 spiro atoms. The van der Waals surface area contributed by atoms with E-state index >= 15 is 4.39 Å². The summed E-state index contributed by atoms with van der Waals surface area (Å²) in [4.78, 5) is 39.9. The second-order valence-corrected chi connectivity index (χ2v) is 15.8. The first-order chi connectivity index (χ1) is 26.8. The quantitative estimate of drug-likeness (QED) is 0.181. The van der Waals surface area contributed by atoms with Crippen molar-refractivity contribution in [2.24, 2.45) is 11.8 Å². The number of benzene rings is 3. The van der Waals surface area contributed by atoms with Gasteiger partial charge in [0.25, 0.3) is 0 Å². The molecule has 13 nitrogen and oxygen atoms in total. The van der Waals surface area contributed by atoms with Crippen LogP contribution >= 0.6 is 0 Å². The first-order valence-corrected chi connectivity index (χ1v) is 19.3. The predicted molar refractivity (Wildman–Crippen MR) is 206 cm³/mol. The molecule has 5 aromatic rings. The fourth-order valence-electron chi connectivity index (χ4n) is 9.35. The number of carbonyl (C=O) groups excluding carboxylic acids is 2. The number of nitrogen functional groups attached to an aromatic ring is 1. The molecule has 10 rings (SSSR count). The molecule has 6 heterocycles. The zero-order valence-electron chi connectivity index (χ0n) is 30.4. The number of hydrogen-bond donors (Lipinski definition) is 3. The van der Waals surface area contributed by atoms with Crippen LogP contribution in [0.3, 0.4) is 0 Å². The van der Waals surface area contributed by atoms with Crippen LogP contribution < -0.4 is 26.0 Å². The van der Waals surface area contributed by atoms with Gasteiger partial charge in [-0.1, -0.05) is 18.2 Å². The zero-order chi connectivity index (χ0) is 37.2. The van der Waals surface area contributed by atoms with Crippen molar-refractivity contribution in [3.8, 4) is 22.8 Å².